The van der Waals surface area contributed by atoms with Crippen LogP contribution in [-0.4, -0.2) is 20.3 Å². The quantitative estimate of drug-likeness (QED) is 0.634. The standard InChI is InChI=1S/2C4H9.BrH.Tl/c2*1-4(2)3;;/h2*4H,1H2,2-3H3;1H;/q;;;+1/p-1. The van der Waals surface area contributed by atoms with Gasteiger partial charge in [-0.15, -0.1) is 0 Å². The molecule has 10 heavy (non-hydrogen) atoms. The monoisotopic (exact) mass is 398 g/mol. The Morgan fingerprint density at radius 3 is 1.50 bits per heavy atom. The van der Waals surface area contributed by atoms with Crippen molar-refractivity contribution in [2.75, 3.05) is 0 Å². The molecule has 0 aromatic heterocycles. The third kappa shape index (κ3) is 7.51. The van der Waals surface area contributed by atoms with Gasteiger partial charge in [0.15, 0.2) is 0 Å². The van der Waals surface area contributed by atoms with Crippen LogP contribution in [0.1, 0.15) is 27.7 Å². The zero-order chi connectivity index (χ0) is 8.15. The Kier molecular flexibility index (Phi) is 6.82. The molecule has 0 amide bonds. The maximum atomic E-state index is 3.90. The van der Waals surface area contributed by atoms with Crippen LogP contribution in [0.4, 0.5) is 0 Å². The molecule has 0 spiro atoms. The van der Waals surface area contributed by atoms with Gasteiger partial charge in [-0.25, -0.2) is 0 Å². The molecule has 2 heteroatoms. The molecular formula is C8H18BrTl. The summed E-state index contributed by atoms with van der Waals surface area (Å²) in [5.74, 6) is 1.84. The van der Waals surface area contributed by atoms with Crippen LogP contribution in [0.25, 0.3) is 0 Å². The fourth-order valence-corrected chi connectivity index (χ4v) is 22.9. The molecule has 0 fully saturated rings. The van der Waals surface area contributed by atoms with Gasteiger partial charge in [0.1, 0.15) is 0 Å². The second kappa shape index (κ2) is 5.98. The van der Waals surface area contributed by atoms with Crippen LogP contribution in [0, 0.1) is 11.8 Å². The van der Waals surface area contributed by atoms with Gasteiger partial charge in [0, 0.05) is 0 Å². The molecule has 0 atom stereocenters. The van der Waals surface area contributed by atoms with Crippen molar-refractivity contribution in [3.63, 3.8) is 0 Å². The van der Waals surface area contributed by atoms with Crippen LogP contribution in [0.3, 0.4) is 0 Å². The van der Waals surface area contributed by atoms with Crippen molar-refractivity contribution in [1.29, 1.82) is 0 Å². The predicted octanol–water partition coefficient (Wildman–Crippen LogP) is 3.68. The normalized spacial score (nSPS) is 11.1. The molecule has 0 N–H and O–H groups in total. The van der Waals surface area contributed by atoms with Crippen LogP contribution >= 0.6 is 12.0 Å². The van der Waals surface area contributed by atoms with E-state index in [1.54, 1.807) is 0 Å². The van der Waals surface area contributed by atoms with Crippen molar-refractivity contribution < 1.29 is 0 Å². The summed E-state index contributed by atoms with van der Waals surface area (Å²) >= 11 is 2.66. The van der Waals surface area contributed by atoms with E-state index in [1.807, 2.05) is 0 Å². The Morgan fingerprint density at radius 1 is 1.00 bits per heavy atom. The number of rotatable bonds is 4. The van der Waals surface area contributed by atoms with Crippen LogP contribution in [0.15, 0.2) is 0 Å². The molecule has 0 radical (unpaired) electrons. The SMILES string of the molecule is CC(C)[CH2][Tl]([Br])[CH2]C(C)C. The topological polar surface area (TPSA) is 0 Å². The molecule has 0 aromatic carbocycles. The summed E-state index contributed by atoms with van der Waals surface area (Å²) in [6, 6.07) is 0. The van der Waals surface area contributed by atoms with Gasteiger partial charge >= 0.3 is 79.8 Å². The van der Waals surface area contributed by atoms with E-state index in [1.165, 1.54) is 7.96 Å². The van der Waals surface area contributed by atoms with Gasteiger partial charge in [-0.1, -0.05) is 0 Å². The molecule has 0 aromatic rings. The van der Waals surface area contributed by atoms with E-state index in [9.17, 15) is 0 Å². The van der Waals surface area contributed by atoms with Crippen molar-refractivity contribution in [1.82, 2.24) is 0 Å². The summed E-state index contributed by atoms with van der Waals surface area (Å²) in [6.07, 6.45) is 0. The Balaban J connectivity index is 3.34. The van der Waals surface area contributed by atoms with Gasteiger partial charge in [0.25, 0.3) is 0 Å². The first-order valence-corrected chi connectivity index (χ1v) is 20.2. The van der Waals surface area contributed by atoms with Crippen molar-refractivity contribution in [2.24, 2.45) is 11.8 Å². The number of hydrogen-bond acceptors (Lipinski definition) is 0. The van der Waals surface area contributed by atoms with Gasteiger partial charge in [0.05, 0.1) is 0 Å². The molecule has 0 nitrogen and oxygen atoms in total. The Labute approximate surface area is 79.2 Å². The number of hydrogen-bond donors (Lipinski definition) is 0. The van der Waals surface area contributed by atoms with Gasteiger partial charge in [-0.05, 0) is 0 Å². The minimum atomic E-state index is -1.25. The molecule has 0 aliphatic heterocycles. The first-order valence-electron chi connectivity index (χ1n) is 4.16. The number of halogens is 1. The van der Waals surface area contributed by atoms with Gasteiger partial charge < -0.3 is 0 Å². The van der Waals surface area contributed by atoms with Crippen LogP contribution < -0.4 is 0 Å². The summed E-state index contributed by atoms with van der Waals surface area (Å²) in [5, 5.41) is 0. The van der Waals surface area contributed by atoms with Crippen LogP contribution in [0.5, 0.6) is 0 Å². The Hall–Kier alpha value is 1.40. The molecule has 0 rings (SSSR count). The summed E-state index contributed by atoms with van der Waals surface area (Å²) in [6.45, 7) is 9.31. The summed E-state index contributed by atoms with van der Waals surface area (Å²) in [7, 11) is 0. The predicted molar refractivity (Wildman–Crippen MR) is 54.0 cm³/mol. The summed E-state index contributed by atoms with van der Waals surface area (Å²) < 4.78 is 3.05. The van der Waals surface area contributed by atoms with E-state index >= 15 is 0 Å². The molecule has 0 bridgehead atoms. The second-order valence-electron chi connectivity index (χ2n) is 3.86. The van der Waals surface area contributed by atoms with E-state index in [0.29, 0.717) is 0 Å². The maximum absolute atomic E-state index is 3.90. The van der Waals surface area contributed by atoms with Crippen molar-refractivity contribution in [3.8, 4) is 0 Å². The first-order chi connectivity index (χ1) is 4.52. The zero-order valence-corrected chi connectivity index (χ0v) is 13.6. The minimum absolute atomic E-state index is 0.921. The summed E-state index contributed by atoms with van der Waals surface area (Å²) in [5.41, 5.74) is 0. The van der Waals surface area contributed by atoms with Gasteiger partial charge in [-0.2, -0.15) is 0 Å². The molecule has 0 aliphatic rings. The average molecular weight is 399 g/mol. The van der Waals surface area contributed by atoms with E-state index in [-0.39, 0.29) is 0 Å². The molecule has 0 unspecified atom stereocenters. The van der Waals surface area contributed by atoms with E-state index in [0.717, 1.165) is 11.8 Å². The Bertz CT molecular complexity index is 71.3. The van der Waals surface area contributed by atoms with Crippen LogP contribution in [0.2, 0.25) is 7.96 Å². The van der Waals surface area contributed by atoms with Crippen molar-refractivity contribution in [3.05, 3.63) is 0 Å². The summed E-state index contributed by atoms with van der Waals surface area (Å²) in [4.78, 5) is 0. The first kappa shape index (κ1) is 11.4. The molecule has 0 saturated carbocycles. The zero-order valence-electron chi connectivity index (χ0n) is 7.52. The van der Waals surface area contributed by atoms with Crippen molar-refractivity contribution in [2.45, 2.75) is 35.7 Å². The molecule has 0 saturated heterocycles. The average Bonchev–Trinajstić information content (AvgIpc) is 1.58. The van der Waals surface area contributed by atoms with E-state index in [2.05, 4.69) is 39.7 Å². The Morgan fingerprint density at radius 2 is 1.30 bits per heavy atom. The second-order valence-corrected chi connectivity index (χ2v) is 23.5. The van der Waals surface area contributed by atoms with Crippen LogP contribution in [-0.2, 0) is 0 Å². The molecule has 0 aliphatic carbocycles. The fraction of sp³-hybridized carbons (Fsp3) is 1.00. The molecule has 60 valence electrons. The van der Waals surface area contributed by atoms with Crippen molar-refractivity contribution >= 4 is 32.3 Å². The van der Waals surface area contributed by atoms with E-state index in [4.69, 9.17) is 0 Å². The fourth-order valence-electron chi connectivity index (χ4n) is 1.12. The van der Waals surface area contributed by atoms with E-state index < -0.39 is 20.3 Å². The third-order valence-electron chi connectivity index (χ3n) is 1.45. The molecular weight excluding hydrogens is 380 g/mol. The van der Waals surface area contributed by atoms with Gasteiger partial charge in [0.2, 0.25) is 0 Å². The third-order valence-corrected chi connectivity index (χ3v) is 19.3. The van der Waals surface area contributed by atoms with Gasteiger partial charge in [-0.3, -0.25) is 0 Å². The molecule has 0 heterocycles.